The molecule has 8 heteroatoms. The van der Waals surface area contributed by atoms with E-state index in [2.05, 4.69) is 0 Å². The fraction of sp³-hybridized carbons (Fsp3) is 0.429. The van der Waals surface area contributed by atoms with Gasteiger partial charge in [0.15, 0.2) is 0 Å². The first-order chi connectivity index (χ1) is 10.2. The molecule has 120 valence electrons. The molecule has 2 rings (SSSR count). The van der Waals surface area contributed by atoms with Crippen molar-refractivity contribution in [3.63, 3.8) is 0 Å². The summed E-state index contributed by atoms with van der Waals surface area (Å²) in [4.78, 5) is 23.9. The average Bonchev–Trinajstić information content (AvgIpc) is 2.86. The highest BCUT2D eigenvalue weighted by atomic mass is 19.4. The number of halogens is 4. The number of alkyl halides is 3. The van der Waals surface area contributed by atoms with Crippen LogP contribution in [0.5, 0.6) is 0 Å². The van der Waals surface area contributed by atoms with Crippen molar-refractivity contribution in [2.75, 3.05) is 13.1 Å². The number of hydrogen-bond donors (Lipinski definition) is 1. The van der Waals surface area contributed by atoms with Gasteiger partial charge in [0.1, 0.15) is 5.82 Å². The third-order valence-corrected chi connectivity index (χ3v) is 3.68. The molecule has 22 heavy (non-hydrogen) atoms. The maximum atomic E-state index is 12.8. The molecule has 0 aliphatic carbocycles. The minimum atomic E-state index is -4.67. The largest absolute Gasteiger partial charge is 0.481 e. The molecule has 1 N–H and O–H groups in total. The molecule has 4 nitrogen and oxygen atoms in total. The fourth-order valence-electron chi connectivity index (χ4n) is 2.48. The van der Waals surface area contributed by atoms with Crippen molar-refractivity contribution in [2.24, 2.45) is 11.8 Å². The third-order valence-electron chi connectivity index (χ3n) is 3.68. The molecule has 1 heterocycles. The lowest BCUT2D eigenvalue weighted by Crippen LogP contribution is -2.34. The van der Waals surface area contributed by atoms with Crippen LogP contribution in [0.15, 0.2) is 24.3 Å². The highest BCUT2D eigenvalue weighted by Crippen LogP contribution is 2.37. The lowest BCUT2D eigenvalue weighted by Gasteiger charge is -2.18. The van der Waals surface area contributed by atoms with Crippen LogP contribution in [0.4, 0.5) is 17.6 Å². The fourth-order valence-corrected chi connectivity index (χ4v) is 2.48. The number of amides is 1. The molecule has 0 saturated carbocycles. The van der Waals surface area contributed by atoms with Gasteiger partial charge in [0.05, 0.1) is 18.3 Å². The number of carboxylic acids is 1. The second kappa shape index (κ2) is 5.94. The van der Waals surface area contributed by atoms with Gasteiger partial charge in [0.2, 0.25) is 5.91 Å². The summed E-state index contributed by atoms with van der Waals surface area (Å²) in [5.41, 5.74) is 0.453. The Morgan fingerprint density at radius 2 is 1.77 bits per heavy atom. The molecule has 1 aliphatic rings. The van der Waals surface area contributed by atoms with Gasteiger partial charge in [-0.3, -0.25) is 9.59 Å². The number of nitrogens with zero attached hydrogens (tertiary/aromatic N) is 1. The summed E-state index contributed by atoms with van der Waals surface area (Å²) in [5.74, 6) is -6.39. The van der Waals surface area contributed by atoms with E-state index in [1.165, 1.54) is 12.1 Å². The van der Waals surface area contributed by atoms with Crippen molar-refractivity contribution in [3.8, 4) is 0 Å². The number of aliphatic carboxylic acids is 1. The van der Waals surface area contributed by atoms with Crippen LogP contribution >= 0.6 is 0 Å². The van der Waals surface area contributed by atoms with Crippen LogP contribution in [0.2, 0.25) is 0 Å². The standard InChI is InChI=1S/C14H13F4NO3/c15-9-3-1-8(2-4-9)5-12(20)19-6-10(13(21)22)11(7-19)14(16,17)18/h1-4,10-11H,5-7H2,(H,21,22)/t10-,11-/m1/s1. The first kappa shape index (κ1) is 16.3. The van der Waals surface area contributed by atoms with Crippen LogP contribution < -0.4 is 0 Å². The van der Waals surface area contributed by atoms with Crippen LogP contribution in [-0.2, 0) is 16.0 Å². The molecule has 0 spiro atoms. The minimum Gasteiger partial charge on any atom is -0.481 e. The Morgan fingerprint density at radius 1 is 1.18 bits per heavy atom. The number of hydrogen-bond acceptors (Lipinski definition) is 2. The van der Waals surface area contributed by atoms with Crippen molar-refractivity contribution < 1.29 is 32.3 Å². The van der Waals surface area contributed by atoms with E-state index in [1.807, 2.05) is 0 Å². The number of carboxylic acid groups (broad SMARTS) is 1. The predicted molar refractivity (Wildman–Crippen MR) is 67.4 cm³/mol. The molecule has 1 amide bonds. The number of carbonyl (C=O) groups excluding carboxylic acids is 1. The average molecular weight is 319 g/mol. The van der Waals surface area contributed by atoms with Gasteiger partial charge in [0, 0.05) is 13.1 Å². The second-order valence-corrected chi connectivity index (χ2v) is 5.19. The molecule has 1 aromatic carbocycles. The van der Waals surface area contributed by atoms with Crippen LogP contribution in [0, 0.1) is 17.7 Å². The topological polar surface area (TPSA) is 57.6 Å². The van der Waals surface area contributed by atoms with E-state index in [4.69, 9.17) is 5.11 Å². The zero-order valence-corrected chi connectivity index (χ0v) is 11.3. The Kier molecular flexibility index (Phi) is 4.39. The predicted octanol–water partition coefficient (Wildman–Crippen LogP) is 2.09. The van der Waals surface area contributed by atoms with Gasteiger partial charge in [0.25, 0.3) is 0 Å². The van der Waals surface area contributed by atoms with Crippen molar-refractivity contribution in [3.05, 3.63) is 35.6 Å². The summed E-state index contributed by atoms with van der Waals surface area (Å²) in [6, 6.07) is 5.01. The summed E-state index contributed by atoms with van der Waals surface area (Å²) < 4.78 is 51.3. The van der Waals surface area contributed by atoms with Crippen molar-refractivity contribution in [1.82, 2.24) is 4.90 Å². The Labute approximate surface area is 123 Å². The van der Waals surface area contributed by atoms with Crippen molar-refractivity contribution >= 4 is 11.9 Å². The molecule has 1 aliphatic heterocycles. The molecule has 0 aromatic heterocycles. The van der Waals surface area contributed by atoms with Crippen LogP contribution in [-0.4, -0.2) is 41.1 Å². The first-order valence-electron chi connectivity index (χ1n) is 6.50. The summed E-state index contributed by atoms with van der Waals surface area (Å²) >= 11 is 0. The quantitative estimate of drug-likeness (QED) is 0.868. The van der Waals surface area contributed by atoms with E-state index < -0.39 is 48.8 Å². The Bertz CT molecular complexity index is 570. The van der Waals surface area contributed by atoms with Crippen LogP contribution in [0.3, 0.4) is 0 Å². The highest BCUT2D eigenvalue weighted by molar-refractivity contribution is 5.81. The zero-order chi connectivity index (χ0) is 16.5. The molecular weight excluding hydrogens is 306 g/mol. The van der Waals surface area contributed by atoms with E-state index in [0.717, 1.165) is 17.0 Å². The summed E-state index contributed by atoms with van der Waals surface area (Å²) in [6.45, 7) is -1.14. The SMILES string of the molecule is O=C(O)[C@@H]1CN(C(=O)Cc2ccc(F)cc2)C[C@H]1C(F)(F)F. The van der Waals surface area contributed by atoms with Crippen LogP contribution in [0.25, 0.3) is 0 Å². The van der Waals surface area contributed by atoms with Gasteiger partial charge in [-0.15, -0.1) is 0 Å². The minimum absolute atomic E-state index is 0.197. The van der Waals surface area contributed by atoms with Gasteiger partial charge in [-0.2, -0.15) is 13.2 Å². The maximum Gasteiger partial charge on any atom is 0.394 e. The molecule has 0 radical (unpaired) electrons. The third kappa shape index (κ3) is 3.55. The van der Waals surface area contributed by atoms with Gasteiger partial charge >= 0.3 is 12.1 Å². The summed E-state index contributed by atoms with van der Waals surface area (Å²) in [6.07, 6.45) is -4.87. The highest BCUT2D eigenvalue weighted by Gasteiger charge is 2.53. The first-order valence-corrected chi connectivity index (χ1v) is 6.50. The van der Waals surface area contributed by atoms with Gasteiger partial charge in [-0.05, 0) is 17.7 Å². The molecule has 1 saturated heterocycles. The summed E-state index contributed by atoms with van der Waals surface area (Å²) in [5, 5.41) is 8.89. The number of carbonyl (C=O) groups is 2. The van der Waals surface area contributed by atoms with Gasteiger partial charge in [-0.1, -0.05) is 12.1 Å². The maximum absolute atomic E-state index is 12.8. The molecule has 0 unspecified atom stereocenters. The number of rotatable bonds is 3. The smallest absolute Gasteiger partial charge is 0.394 e. The number of benzene rings is 1. The summed E-state index contributed by atoms with van der Waals surface area (Å²) in [7, 11) is 0. The molecular formula is C14H13F4NO3. The van der Waals surface area contributed by atoms with E-state index in [-0.39, 0.29) is 6.42 Å². The Balaban J connectivity index is 2.08. The van der Waals surface area contributed by atoms with Crippen molar-refractivity contribution in [2.45, 2.75) is 12.6 Å². The Hall–Kier alpha value is -2.12. The van der Waals surface area contributed by atoms with E-state index in [1.54, 1.807) is 0 Å². The molecule has 2 atom stereocenters. The molecule has 1 fully saturated rings. The monoisotopic (exact) mass is 319 g/mol. The lowest BCUT2D eigenvalue weighted by atomic mass is 9.96. The Morgan fingerprint density at radius 3 is 2.23 bits per heavy atom. The van der Waals surface area contributed by atoms with E-state index in [9.17, 15) is 27.2 Å². The zero-order valence-electron chi connectivity index (χ0n) is 11.3. The van der Waals surface area contributed by atoms with Gasteiger partial charge in [-0.25, -0.2) is 4.39 Å². The van der Waals surface area contributed by atoms with Crippen molar-refractivity contribution in [1.29, 1.82) is 0 Å². The van der Waals surface area contributed by atoms with E-state index >= 15 is 0 Å². The number of likely N-dealkylation sites (tertiary alicyclic amines) is 1. The van der Waals surface area contributed by atoms with Crippen LogP contribution in [0.1, 0.15) is 5.56 Å². The molecule has 1 aromatic rings. The van der Waals surface area contributed by atoms with E-state index in [0.29, 0.717) is 5.56 Å². The normalized spacial score (nSPS) is 21.9. The van der Waals surface area contributed by atoms with Gasteiger partial charge < -0.3 is 10.0 Å². The molecule has 0 bridgehead atoms. The second-order valence-electron chi connectivity index (χ2n) is 5.19. The lowest BCUT2D eigenvalue weighted by molar-refractivity contribution is -0.188.